The van der Waals surface area contributed by atoms with Gasteiger partial charge in [0.15, 0.2) is 6.29 Å². The summed E-state index contributed by atoms with van der Waals surface area (Å²) in [6.07, 6.45) is 55.8. The Morgan fingerprint density at radius 2 is 0.714 bits per heavy atom. The lowest BCUT2D eigenvalue weighted by Crippen LogP contribution is -2.60. The maximum absolute atomic E-state index is 13.1. The van der Waals surface area contributed by atoms with Crippen LogP contribution in [0.3, 0.4) is 0 Å². The second kappa shape index (κ2) is 51.7. The summed E-state index contributed by atoms with van der Waals surface area (Å²) in [5.41, 5.74) is 0. The van der Waals surface area contributed by atoms with Crippen LogP contribution < -0.4 is 5.32 Å². The molecule has 0 saturated carbocycles. The van der Waals surface area contributed by atoms with Crippen molar-refractivity contribution in [1.29, 1.82) is 0 Å². The summed E-state index contributed by atoms with van der Waals surface area (Å²) in [6.45, 7) is 3.89. The fourth-order valence-corrected chi connectivity index (χ4v) is 10.5. The first-order valence-corrected chi connectivity index (χ1v) is 31.2. The van der Waals surface area contributed by atoms with Crippen LogP contribution in [0.4, 0.5) is 0 Å². The number of ether oxygens (including phenoxy) is 2. The monoisotopic (exact) mass is 996 g/mol. The Morgan fingerprint density at radius 1 is 0.429 bits per heavy atom. The van der Waals surface area contributed by atoms with Gasteiger partial charge in [-0.3, -0.25) is 4.79 Å². The van der Waals surface area contributed by atoms with Crippen molar-refractivity contribution in [1.82, 2.24) is 5.32 Å². The lowest BCUT2D eigenvalue weighted by Gasteiger charge is -2.40. The molecule has 0 spiro atoms. The fourth-order valence-electron chi connectivity index (χ4n) is 10.5. The molecule has 0 radical (unpaired) electrons. The minimum absolute atomic E-state index is 0.131. The van der Waals surface area contributed by atoms with E-state index in [2.05, 4.69) is 19.2 Å². The van der Waals surface area contributed by atoms with Crippen LogP contribution in [0.25, 0.3) is 0 Å². The molecule has 0 aromatic carbocycles. The number of rotatable bonds is 55. The highest BCUT2D eigenvalue weighted by Crippen LogP contribution is 2.24. The van der Waals surface area contributed by atoms with Gasteiger partial charge in [0.2, 0.25) is 5.91 Å². The molecule has 6 N–H and O–H groups in total. The number of aliphatic hydroxyl groups is 5. The second-order valence-corrected chi connectivity index (χ2v) is 22.2. The Bertz CT molecular complexity index is 1060. The number of nitrogens with one attached hydrogen (secondary N) is 1. The van der Waals surface area contributed by atoms with E-state index in [4.69, 9.17) is 9.47 Å². The average Bonchev–Trinajstić information content (AvgIpc) is 3.36. The molecule has 0 aromatic heterocycles. The summed E-state index contributed by atoms with van der Waals surface area (Å²) < 4.78 is 11.3. The predicted octanol–water partition coefficient (Wildman–Crippen LogP) is 15.8. The SMILES string of the molecule is CCCCCCCCCCCCCCCCCCCCCCCCCCCCCCCCC(=O)NC(COC1OC(CO)C(O)C(O)C1O)C(O)CCCCCCCCCCCCCCCCCCC. The van der Waals surface area contributed by atoms with Gasteiger partial charge in [-0.1, -0.05) is 309 Å². The van der Waals surface area contributed by atoms with E-state index < -0.39 is 49.5 Å². The Labute approximate surface area is 434 Å². The number of hydrogen-bond donors (Lipinski definition) is 6. The summed E-state index contributed by atoms with van der Waals surface area (Å²) in [6, 6.07) is -0.713. The second-order valence-electron chi connectivity index (χ2n) is 22.2. The Kier molecular flexibility index (Phi) is 49.6. The summed E-state index contributed by atoms with van der Waals surface area (Å²) in [7, 11) is 0. The highest BCUT2D eigenvalue weighted by Gasteiger charge is 2.44. The maximum Gasteiger partial charge on any atom is 0.220 e. The van der Waals surface area contributed by atoms with Crippen molar-refractivity contribution in [3.8, 4) is 0 Å². The molecular formula is C61H121NO8. The van der Waals surface area contributed by atoms with Crippen LogP contribution in [0.2, 0.25) is 0 Å². The van der Waals surface area contributed by atoms with Crippen LogP contribution in [0.5, 0.6) is 0 Å². The molecule has 7 unspecified atom stereocenters. The molecule has 1 rings (SSSR count). The number of carbonyl (C=O) groups excluding carboxylic acids is 1. The third kappa shape index (κ3) is 40.6. The first-order chi connectivity index (χ1) is 34.3. The molecule has 7 atom stereocenters. The molecule has 1 fully saturated rings. The van der Waals surface area contributed by atoms with Crippen LogP contribution in [0.15, 0.2) is 0 Å². The number of hydrogen-bond acceptors (Lipinski definition) is 8. The Morgan fingerprint density at radius 3 is 1.01 bits per heavy atom. The molecule has 1 amide bonds. The highest BCUT2D eigenvalue weighted by atomic mass is 16.7. The van der Waals surface area contributed by atoms with Gasteiger partial charge in [0.1, 0.15) is 24.4 Å². The molecule has 9 heteroatoms. The first-order valence-electron chi connectivity index (χ1n) is 31.2. The molecule has 0 bridgehead atoms. The van der Waals surface area contributed by atoms with E-state index in [9.17, 15) is 30.3 Å². The van der Waals surface area contributed by atoms with E-state index in [-0.39, 0.29) is 12.5 Å². The normalized spacial score (nSPS) is 19.2. The van der Waals surface area contributed by atoms with Crippen LogP contribution in [0, 0.1) is 0 Å². The third-order valence-corrected chi connectivity index (χ3v) is 15.5. The number of amides is 1. The Balaban J connectivity index is 2.11. The number of aliphatic hydroxyl groups excluding tert-OH is 5. The van der Waals surface area contributed by atoms with Gasteiger partial charge in [-0.2, -0.15) is 0 Å². The summed E-state index contributed by atoms with van der Waals surface area (Å²) in [4.78, 5) is 13.1. The van der Waals surface area contributed by atoms with Gasteiger partial charge in [0.05, 0.1) is 25.4 Å². The zero-order chi connectivity index (χ0) is 50.8. The van der Waals surface area contributed by atoms with E-state index in [1.165, 1.54) is 263 Å². The van der Waals surface area contributed by atoms with Gasteiger partial charge in [-0.15, -0.1) is 0 Å². The molecule has 0 aromatic rings. The van der Waals surface area contributed by atoms with E-state index in [1.807, 2.05) is 0 Å². The fraction of sp³-hybridized carbons (Fsp3) is 0.984. The lowest BCUT2D eigenvalue weighted by molar-refractivity contribution is -0.302. The van der Waals surface area contributed by atoms with Gasteiger partial charge in [-0.25, -0.2) is 0 Å². The van der Waals surface area contributed by atoms with Crippen LogP contribution in [-0.4, -0.2) is 87.5 Å². The summed E-state index contributed by atoms with van der Waals surface area (Å²) in [5.74, 6) is -0.135. The van der Waals surface area contributed by atoms with Crippen molar-refractivity contribution in [3.05, 3.63) is 0 Å². The van der Waals surface area contributed by atoms with Gasteiger partial charge in [0.25, 0.3) is 0 Å². The predicted molar refractivity (Wildman–Crippen MR) is 295 cm³/mol. The summed E-state index contributed by atoms with van der Waals surface area (Å²) in [5, 5.41) is 54.7. The van der Waals surface area contributed by atoms with Crippen LogP contribution in [0.1, 0.15) is 328 Å². The molecule has 1 aliphatic rings. The molecule has 0 aliphatic carbocycles. The largest absolute Gasteiger partial charge is 0.394 e. The zero-order valence-corrected chi connectivity index (χ0v) is 46.6. The van der Waals surface area contributed by atoms with Crippen LogP contribution in [-0.2, 0) is 14.3 Å². The molecule has 9 nitrogen and oxygen atoms in total. The van der Waals surface area contributed by atoms with Crippen molar-refractivity contribution in [2.24, 2.45) is 0 Å². The molecule has 1 aliphatic heterocycles. The van der Waals surface area contributed by atoms with Crippen molar-refractivity contribution in [2.45, 2.75) is 371 Å². The van der Waals surface area contributed by atoms with E-state index >= 15 is 0 Å². The van der Waals surface area contributed by atoms with Gasteiger partial charge < -0.3 is 40.3 Å². The zero-order valence-electron chi connectivity index (χ0n) is 46.6. The molecule has 1 heterocycles. The smallest absolute Gasteiger partial charge is 0.220 e. The van der Waals surface area contributed by atoms with E-state index in [0.29, 0.717) is 12.8 Å². The van der Waals surface area contributed by atoms with Crippen molar-refractivity contribution >= 4 is 5.91 Å². The standard InChI is InChI=1S/C61H121NO8/c1-3-5-7-9-11-13-15-17-19-21-22-23-24-25-26-27-28-29-30-31-32-33-35-37-39-41-43-45-47-49-51-57(65)62-54(53-69-61-60(68)59(67)58(66)56(52-63)70-61)55(64)50-48-46-44-42-40-38-36-34-20-18-16-14-12-10-8-6-4-2/h54-56,58-61,63-64,66-68H,3-53H2,1-2H3,(H,62,65). The lowest BCUT2D eigenvalue weighted by atomic mass is 9.99. The molecular weight excluding hydrogens is 875 g/mol. The Hall–Kier alpha value is -0.810. The number of unbranched alkanes of at least 4 members (excludes halogenated alkanes) is 45. The quantitative estimate of drug-likeness (QED) is 0.0330. The molecule has 1 saturated heterocycles. The first kappa shape index (κ1) is 67.2. The van der Waals surface area contributed by atoms with E-state index in [0.717, 1.165) is 38.5 Å². The topological polar surface area (TPSA) is 149 Å². The van der Waals surface area contributed by atoms with Crippen molar-refractivity contribution in [2.75, 3.05) is 13.2 Å². The van der Waals surface area contributed by atoms with Gasteiger partial charge >= 0.3 is 0 Å². The molecule has 418 valence electrons. The van der Waals surface area contributed by atoms with E-state index in [1.54, 1.807) is 0 Å². The molecule has 70 heavy (non-hydrogen) atoms. The minimum Gasteiger partial charge on any atom is -0.394 e. The van der Waals surface area contributed by atoms with Gasteiger partial charge in [-0.05, 0) is 12.8 Å². The summed E-state index contributed by atoms with van der Waals surface area (Å²) >= 11 is 0. The maximum atomic E-state index is 13.1. The number of carbonyl (C=O) groups is 1. The highest BCUT2D eigenvalue weighted by molar-refractivity contribution is 5.76. The van der Waals surface area contributed by atoms with Gasteiger partial charge in [0, 0.05) is 6.42 Å². The van der Waals surface area contributed by atoms with Crippen molar-refractivity contribution in [3.63, 3.8) is 0 Å². The average molecular weight is 997 g/mol. The third-order valence-electron chi connectivity index (χ3n) is 15.5. The van der Waals surface area contributed by atoms with Crippen LogP contribution >= 0.6 is 0 Å². The van der Waals surface area contributed by atoms with Crippen molar-refractivity contribution < 1.29 is 39.8 Å². The minimum atomic E-state index is -1.55.